The molecule has 0 spiro atoms. The average molecular weight is 165 g/mol. The van der Waals surface area contributed by atoms with Gasteiger partial charge in [-0.25, -0.2) is 0 Å². The van der Waals surface area contributed by atoms with Gasteiger partial charge in [-0.05, 0) is 13.8 Å². The third-order valence-electron chi connectivity index (χ3n) is 2.12. The molecular formula is C9H15N3. The van der Waals surface area contributed by atoms with E-state index in [2.05, 4.69) is 36.2 Å². The molecule has 66 valence electrons. The van der Waals surface area contributed by atoms with Crippen LogP contribution in [0.3, 0.4) is 0 Å². The van der Waals surface area contributed by atoms with E-state index < -0.39 is 0 Å². The molecule has 1 heterocycles. The highest BCUT2D eigenvalue weighted by Gasteiger charge is 2.16. The summed E-state index contributed by atoms with van der Waals surface area (Å²) in [4.78, 5) is 2.33. The summed E-state index contributed by atoms with van der Waals surface area (Å²) in [6.07, 6.45) is 6.14. The second kappa shape index (κ2) is 4.13. The van der Waals surface area contributed by atoms with Crippen LogP contribution in [0.4, 0.5) is 0 Å². The topological polar surface area (TPSA) is 39.1 Å². The van der Waals surface area contributed by atoms with Crippen molar-refractivity contribution >= 4 is 0 Å². The summed E-state index contributed by atoms with van der Waals surface area (Å²) in [7, 11) is 0. The molecule has 3 heteroatoms. The lowest BCUT2D eigenvalue weighted by molar-refractivity contribution is 0.225. The Balaban J connectivity index is 2.46. The van der Waals surface area contributed by atoms with E-state index >= 15 is 0 Å². The van der Waals surface area contributed by atoms with Crippen LogP contribution in [0.2, 0.25) is 0 Å². The Morgan fingerprint density at radius 2 is 2.42 bits per heavy atom. The van der Waals surface area contributed by atoms with Gasteiger partial charge in [0.15, 0.2) is 6.19 Å². The summed E-state index contributed by atoms with van der Waals surface area (Å²) in [5.74, 6) is 0. The lowest BCUT2D eigenvalue weighted by atomic mass is 10.1. The molecule has 1 aliphatic heterocycles. The molecule has 0 aromatic heterocycles. The van der Waals surface area contributed by atoms with Crippen LogP contribution in [0, 0.1) is 11.5 Å². The van der Waals surface area contributed by atoms with Crippen LogP contribution in [0.5, 0.6) is 0 Å². The molecule has 0 fully saturated rings. The molecule has 0 bridgehead atoms. The molecule has 1 rings (SSSR count). The zero-order valence-electron chi connectivity index (χ0n) is 7.62. The maximum Gasteiger partial charge on any atom is 0.177 e. The monoisotopic (exact) mass is 165 g/mol. The van der Waals surface area contributed by atoms with Gasteiger partial charge in [-0.2, -0.15) is 5.26 Å². The highest BCUT2D eigenvalue weighted by molar-refractivity contribution is 5.03. The summed E-state index contributed by atoms with van der Waals surface area (Å²) < 4.78 is 0. The first-order chi connectivity index (χ1) is 5.74. The number of hydrogen-bond acceptors (Lipinski definition) is 3. The smallest absolute Gasteiger partial charge is 0.177 e. The van der Waals surface area contributed by atoms with Gasteiger partial charge < -0.3 is 5.32 Å². The minimum atomic E-state index is 0.200. The summed E-state index contributed by atoms with van der Waals surface area (Å²) >= 11 is 0. The highest BCUT2D eigenvalue weighted by atomic mass is 15.2. The first-order valence-electron chi connectivity index (χ1n) is 4.29. The normalized spacial score (nSPS) is 24.0. The van der Waals surface area contributed by atoms with E-state index in [1.54, 1.807) is 0 Å². The molecule has 0 aromatic rings. The molecule has 0 amide bonds. The Kier molecular flexibility index (Phi) is 3.12. The molecule has 3 nitrogen and oxygen atoms in total. The van der Waals surface area contributed by atoms with Crippen LogP contribution in [0.15, 0.2) is 12.2 Å². The van der Waals surface area contributed by atoms with Crippen molar-refractivity contribution in [3.63, 3.8) is 0 Å². The molecule has 1 atom stereocenters. The van der Waals surface area contributed by atoms with E-state index in [1.807, 2.05) is 6.19 Å². The van der Waals surface area contributed by atoms with Gasteiger partial charge in [0.2, 0.25) is 0 Å². The van der Waals surface area contributed by atoms with Crippen molar-refractivity contribution in [1.82, 2.24) is 10.2 Å². The van der Waals surface area contributed by atoms with Crippen LogP contribution in [0.1, 0.15) is 13.8 Å². The van der Waals surface area contributed by atoms with Crippen LogP contribution in [-0.2, 0) is 0 Å². The number of rotatable bonds is 2. The van der Waals surface area contributed by atoms with Gasteiger partial charge in [-0.3, -0.25) is 4.90 Å². The first-order valence-corrected chi connectivity index (χ1v) is 4.29. The fraction of sp³-hybridized carbons (Fsp3) is 0.667. The van der Waals surface area contributed by atoms with Crippen LogP contribution in [0.25, 0.3) is 0 Å². The van der Waals surface area contributed by atoms with Gasteiger partial charge in [0, 0.05) is 19.1 Å². The molecule has 1 unspecified atom stereocenters. The fourth-order valence-electron chi connectivity index (χ4n) is 1.35. The molecule has 0 saturated carbocycles. The lowest BCUT2D eigenvalue weighted by Crippen LogP contribution is -2.44. The SMILES string of the molecule is CC(C)N1CC=CC(NC#N)C1. The van der Waals surface area contributed by atoms with E-state index in [0.717, 1.165) is 13.1 Å². The summed E-state index contributed by atoms with van der Waals surface area (Å²) in [5.41, 5.74) is 0. The van der Waals surface area contributed by atoms with Crippen molar-refractivity contribution < 1.29 is 0 Å². The Hall–Kier alpha value is -1.01. The minimum absolute atomic E-state index is 0.200. The number of nitriles is 1. The molecule has 1 N–H and O–H groups in total. The van der Waals surface area contributed by atoms with E-state index in [4.69, 9.17) is 5.26 Å². The van der Waals surface area contributed by atoms with Crippen LogP contribution >= 0.6 is 0 Å². The van der Waals surface area contributed by atoms with E-state index in [0.29, 0.717) is 6.04 Å². The Morgan fingerprint density at radius 3 is 3.00 bits per heavy atom. The van der Waals surface area contributed by atoms with Gasteiger partial charge in [0.1, 0.15) is 0 Å². The van der Waals surface area contributed by atoms with Crippen molar-refractivity contribution in [2.75, 3.05) is 13.1 Å². The zero-order valence-corrected chi connectivity index (χ0v) is 7.62. The minimum Gasteiger partial charge on any atom is -0.316 e. The highest BCUT2D eigenvalue weighted by Crippen LogP contribution is 2.05. The number of nitrogens with one attached hydrogen (secondary N) is 1. The van der Waals surface area contributed by atoms with Crippen LogP contribution in [-0.4, -0.2) is 30.1 Å². The second-order valence-corrected chi connectivity index (χ2v) is 3.34. The Bertz CT molecular complexity index is 202. The largest absolute Gasteiger partial charge is 0.316 e. The maximum atomic E-state index is 8.43. The van der Waals surface area contributed by atoms with Gasteiger partial charge in [-0.15, -0.1) is 0 Å². The van der Waals surface area contributed by atoms with E-state index in [-0.39, 0.29) is 6.04 Å². The molecule has 0 aliphatic carbocycles. The van der Waals surface area contributed by atoms with Crippen LogP contribution < -0.4 is 5.32 Å². The fourth-order valence-corrected chi connectivity index (χ4v) is 1.35. The predicted molar refractivity (Wildman–Crippen MR) is 48.4 cm³/mol. The van der Waals surface area contributed by atoms with Gasteiger partial charge in [-0.1, -0.05) is 12.2 Å². The summed E-state index contributed by atoms with van der Waals surface area (Å²) in [6.45, 7) is 6.27. The molecule has 1 aliphatic rings. The third kappa shape index (κ3) is 2.24. The van der Waals surface area contributed by atoms with Crippen molar-refractivity contribution in [1.29, 1.82) is 5.26 Å². The number of hydrogen-bond donors (Lipinski definition) is 1. The van der Waals surface area contributed by atoms with Crippen molar-refractivity contribution in [3.05, 3.63) is 12.2 Å². The Labute approximate surface area is 73.7 Å². The summed E-state index contributed by atoms with van der Waals surface area (Å²) in [6, 6.07) is 0.754. The van der Waals surface area contributed by atoms with Gasteiger partial charge >= 0.3 is 0 Å². The lowest BCUT2D eigenvalue weighted by Gasteiger charge is -2.31. The third-order valence-corrected chi connectivity index (χ3v) is 2.12. The molecule has 0 radical (unpaired) electrons. The van der Waals surface area contributed by atoms with E-state index in [1.165, 1.54) is 0 Å². The van der Waals surface area contributed by atoms with Gasteiger partial charge in [0.05, 0.1) is 6.04 Å². The molecule has 0 aromatic carbocycles. The van der Waals surface area contributed by atoms with E-state index in [9.17, 15) is 0 Å². The predicted octanol–water partition coefficient (Wildman–Crippen LogP) is 0.706. The second-order valence-electron chi connectivity index (χ2n) is 3.34. The quantitative estimate of drug-likeness (QED) is 0.372. The molecule has 12 heavy (non-hydrogen) atoms. The summed E-state index contributed by atoms with van der Waals surface area (Å²) in [5, 5.41) is 11.2. The molecular weight excluding hydrogens is 150 g/mol. The van der Waals surface area contributed by atoms with Crippen molar-refractivity contribution in [3.8, 4) is 6.19 Å². The van der Waals surface area contributed by atoms with Crippen molar-refractivity contribution in [2.45, 2.75) is 25.9 Å². The Morgan fingerprint density at radius 1 is 1.67 bits per heavy atom. The van der Waals surface area contributed by atoms with Gasteiger partial charge in [0.25, 0.3) is 0 Å². The first kappa shape index (κ1) is 9.08. The van der Waals surface area contributed by atoms with Crippen molar-refractivity contribution in [2.24, 2.45) is 0 Å². The standard InChI is InChI=1S/C9H15N3/c1-8(2)12-5-3-4-9(6-12)11-7-10/h3-4,8-9,11H,5-6H2,1-2H3. The molecule has 0 saturated heterocycles. The zero-order chi connectivity index (χ0) is 8.97. The maximum absolute atomic E-state index is 8.43. The number of nitrogens with zero attached hydrogens (tertiary/aromatic N) is 2. The average Bonchev–Trinajstić information content (AvgIpc) is 2.05.